The van der Waals surface area contributed by atoms with Gasteiger partial charge in [-0.15, -0.1) is 0 Å². The Morgan fingerprint density at radius 3 is 0.794 bits per heavy atom. The third-order valence-electron chi connectivity index (χ3n) is 24.1. The lowest BCUT2D eigenvalue weighted by molar-refractivity contribution is 1.05. The van der Waals surface area contributed by atoms with Crippen LogP contribution in [0.3, 0.4) is 0 Å². The van der Waals surface area contributed by atoms with Gasteiger partial charge in [0.2, 0.25) is 0 Å². The van der Waals surface area contributed by atoms with Crippen molar-refractivity contribution in [3.8, 4) is 170 Å². The smallest absolute Gasteiger partial charge is 0.182 e. The van der Waals surface area contributed by atoms with Gasteiger partial charge in [-0.2, -0.15) is 0 Å². The molecule has 0 aliphatic rings. The summed E-state index contributed by atoms with van der Waals surface area (Å²) < 4.78 is 0. The summed E-state index contributed by atoms with van der Waals surface area (Å²) in [6, 6.07) is 150. The van der Waals surface area contributed by atoms with Gasteiger partial charge in [-0.05, 0) is 135 Å². The third-order valence-corrected chi connectivity index (χ3v) is 24.1. The molecule has 0 aliphatic carbocycles. The summed E-state index contributed by atoms with van der Waals surface area (Å²) >= 11 is 0. The normalized spacial score (nSPS) is 11.2. The summed E-state index contributed by atoms with van der Waals surface area (Å²) in [7, 11) is 0. The SMILES string of the molecule is c1ccc(-c2cc(-c3cc(-c4ccccc4)c4ccc5ccc(-c6ccccc6)nc5c4n3)nc(-c3ccccn3)n2)cc1.c1ccc(-c2cc(-c3ccccn3)nc(-c3cc(-c4ccccc4)c4ccc5ccc(-c6ccc7ccccc7c6)nc5c4n3)n2)cc1.c1ccc(-c2ccc3ccc4c(-c5ccccc5)cc(-c5nc(-c6ccccc6)nc(-c6ccccn6)n5)nc4c3n2)cc1. The first-order valence-corrected chi connectivity index (χ1v) is 44.8. The molecule has 16 nitrogen and oxygen atoms in total. The first-order valence-electron chi connectivity index (χ1n) is 44.8. The van der Waals surface area contributed by atoms with E-state index < -0.39 is 0 Å². The standard InChI is InChI=1S/C43H27N5.C39H25N5.C38H24N6/c1-3-12-29(13-4-1)35-26-40(43-47-38(30-14-5-2-6-15-30)27-39(48-43)37-17-9-10-24-44-37)46-42-34(35)22-20-31-21-23-36(45-41(31)42)33-19-18-28-11-7-8-16-32(28)25-33;1-4-12-26(13-5-1)31-24-35(36-25-34(28-16-8-3-9-17-28)43-39(44-36)33-18-10-11-23-40-33)42-38-30(31)21-19-29-20-22-32(41-37(29)38)27-14-6-2-7-15-27;1-4-12-25(13-5-1)30-24-33(38-43-36(28-16-8-3-9-17-28)42-37(44-38)32-18-10-11-23-39-32)41-35-29(30)21-19-27-20-22-31(40-34(27)35)26-14-6-2-7-15-26/h1-27H;1-25H;1-24H. The molecule has 0 unspecified atom stereocenters. The molecule has 0 amide bonds. The van der Waals surface area contributed by atoms with Crippen molar-refractivity contribution >= 4 is 76.2 Å². The zero-order valence-corrected chi connectivity index (χ0v) is 73.0. The zero-order chi connectivity index (χ0) is 90.5. The maximum Gasteiger partial charge on any atom is 0.182 e. The number of nitrogens with zero attached hydrogens (tertiary/aromatic N) is 16. The van der Waals surface area contributed by atoms with Crippen molar-refractivity contribution in [3.63, 3.8) is 0 Å². The Labute approximate surface area is 782 Å². The molecule has 0 spiro atoms. The number of pyridine rings is 9. The highest BCUT2D eigenvalue weighted by Gasteiger charge is 2.24. The molecule has 0 saturated carbocycles. The Balaban J connectivity index is 0.000000115. The van der Waals surface area contributed by atoms with Crippen molar-refractivity contribution in [2.75, 3.05) is 0 Å². The van der Waals surface area contributed by atoms with Crippen LogP contribution in [-0.2, 0) is 0 Å². The molecule has 636 valence electrons. The average Bonchev–Trinajstić information content (AvgIpc) is 0.754. The van der Waals surface area contributed by atoms with Gasteiger partial charge in [-0.1, -0.05) is 352 Å². The van der Waals surface area contributed by atoms with Gasteiger partial charge in [0.05, 0.1) is 84.3 Å². The Kier molecular flexibility index (Phi) is 22.0. The molecular formula is C120H76N16. The van der Waals surface area contributed by atoms with Crippen LogP contribution >= 0.6 is 0 Å². The number of hydrogen-bond donors (Lipinski definition) is 0. The van der Waals surface area contributed by atoms with Gasteiger partial charge < -0.3 is 0 Å². The molecule has 13 aromatic carbocycles. The topological polar surface area (TPSA) is 206 Å². The Hall–Kier alpha value is -18.8. The Morgan fingerprint density at radius 1 is 0.118 bits per heavy atom. The minimum Gasteiger partial charge on any atom is -0.255 e. The molecule has 25 rings (SSSR count). The van der Waals surface area contributed by atoms with Crippen LogP contribution in [0.15, 0.2) is 461 Å². The first-order chi connectivity index (χ1) is 67.4. The molecule has 0 aliphatic heterocycles. The molecule has 16 heteroatoms. The highest BCUT2D eigenvalue weighted by molar-refractivity contribution is 6.13. The van der Waals surface area contributed by atoms with Crippen molar-refractivity contribution in [1.29, 1.82) is 0 Å². The van der Waals surface area contributed by atoms with Crippen LogP contribution in [0.4, 0.5) is 0 Å². The summed E-state index contributed by atoms with van der Waals surface area (Å²) in [5.41, 5.74) is 27.3. The summed E-state index contributed by atoms with van der Waals surface area (Å²) in [6.45, 7) is 0. The highest BCUT2D eigenvalue weighted by atomic mass is 15.1. The van der Waals surface area contributed by atoms with Crippen LogP contribution in [0, 0.1) is 0 Å². The van der Waals surface area contributed by atoms with Crippen molar-refractivity contribution < 1.29 is 0 Å². The molecule has 12 aromatic heterocycles. The van der Waals surface area contributed by atoms with E-state index in [1.54, 1.807) is 18.6 Å². The van der Waals surface area contributed by atoms with E-state index in [1.165, 1.54) is 10.8 Å². The lowest BCUT2D eigenvalue weighted by Crippen LogP contribution is -2.02. The van der Waals surface area contributed by atoms with Gasteiger partial charge >= 0.3 is 0 Å². The Bertz CT molecular complexity index is 8230. The molecule has 0 atom stereocenters. The largest absolute Gasteiger partial charge is 0.255 e. The number of fused-ring (bicyclic) bond motifs is 10. The lowest BCUT2D eigenvalue weighted by atomic mass is 9.97. The van der Waals surface area contributed by atoms with E-state index in [9.17, 15) is 0 Å². The Morgan fingerprint density at radius 2 is 0.390 bits per heavy atom. The van der Waals surface area contributed by atoms with E-state index in [0.29, 0.717) is 51.9 Å². The third kappa shape index (κ3) is 16.8. The van der Waals surface area contributed by atoms with Crippen LogP contribution in [0.2, 0.25) is 0 Å². The van der Waals surface area contributed by atoms with Gasteiger partial charge in [0.15, 0.2) is 29.1 Å². The average molecular weight is 1740 g/mol. The molecule has 12 heterocycles. The number of hydrogen-bond acceptors (Lipinski definition) is 16. The van der Waals surface area contributed by atoms with E-state index in [-0.39, 0.29) is 0 Å². The second-order valence-corrected chi connectivity index (χ2v) is 32.7. The fourth-order valence-corrected chi connectivity index (χ4v) is 17.3. The minimum atomic E-state index is 0.467. The van der Waals surface area contributed by atoms with Crippen molar-refractivity contribution in [2.45, 2.75) is 0 Å². The molecule has 0 radical (unpaired) electrons. The summed E-state index contributed by atoms with van der Waals surface area (Å²) in [5, 5.41) is 8.50. The van der Waals surface area contributed by atoms with Crippen LogP contribution in [0.25, 0.3) is 246 Å². The summed E-state index contributed by atoms with van der Waals surface area (Å²) in [4.78, 5) is 79.9. The van der Waals surface area contributed by atoms with Gasteiger partial charge in [0, 0.05) is 84.3 Å². The number of aromatic nitrogens is 16. The first kappa shape index (κ1) is 81.7. The summed E-state index contributed by atoms with van der Waals surface area (Å²) in [6.07, 6.45) is 5.29. The molecule has 25 aromatic rings. The second-order valence-electron chi connectivity index (χ2n) is 32.7. The highest BCUT2D eigenvalue weighted by Crippen LogP contribution is 2.42. The summed E-state index contributed by atoms with van der Waals surface area (Å²) in [5.74, 6) is 2.59. The van der Waals surface area contributed by atoms with Gasteiger partial charge in [0.25, 0.3) is 0 Å². The maximum atomic E-state index is 5.31. The molecule has 0 fully saturated rings. The van der Waals surface area contributed by atoms with E-state index in [2.05, 4.69) is 258 Å². The van der Waals surface area contributed by atoms with Gasteiger partial charge in [-0.25, -0.2) is 64.8 Å². The van der Waals surface area contributed by atoms with Crippen molar-refractivity contribution in [1.82, 2.24) is 79.7 Å². The fourth-order valence-electron chi connectivity index (χ4n) is 17.3. The molecule has 0 N–H and O–H groups in total. The quantitative estimate of drug-likeness (QED) is 0.0875. The minimum absolute atomic E-state index is 0.467. The molecule has 136 heavy (non-hydrogen) atoms. The second kappa shape index (κ2) is 36.6. The number of benzene rings is 13. The molecular weight excluding hydrogens is 1670 g/mol. The van der Waals surface area contributed by atoms with E-state index in [4.69, 9.17) is 64.8 Å². The zero-order valence-electron chi connectivity index (χ0n) is 73.0. The van der Waals surface area contributed by atoms with Crippen LogP contribution in [0.1, 0.15) is 0 Å². The predicted octanol–water partition coefficient (Wildman–Crippen LogP) is 28.5. The van der Waals surface area contributed by atoms with Crippen molar-refractivity contribution in [3.05, 3.63) is 461 Å². The number of rotatable bonds is 15. The van der Waals surface area contributed by atoms with E-state index in [1.807, 2.05) is 200 Å². The molecule has 0 saturated heterocycles. The predicted molar refractivity (Wildman–Crippen MR) is 548 cm³/mol. The van der Waals surface area contributed by atoms with Crippen molar-refractivity contribution in [2.24, 2.45) is 0 Å². The van der Waals surface area contributed by atoms with E-state index in [0.717, 1.165) is 183 Å². The van der Waals surface area contributed by atoms with Gasteiger partial charge in [-0.3, -0.25) is 15.0 Å². The van der Waals surface area contributed by atoms with Crippen LogP contribution in [0.5, 0.6) is 0 Å². The van der Waals surface area contributed by atoms with Gasteiger partial charge in [0.1, 0.15) is 22.8 Å². The monoisotopic (exact) mass is 1740 g/mol. The van der Waals surface area contributed by atoms with Crippen LogP contribution in [-0.4, -0.2) is 79.7 Å². The molecule has 0 bridgehead atoms. The maximum absolute atomic E-state index is 5.31. The van der Waals surface area contributed by atoms with E-state index >= 15 is 0 Å². The lowest BCUT2D eigenvalue weighted by Gasteiger charge is -2.14. The fraction of sp³-hybridized carbons (Fsp3) is 0. The van der Waals surface area contributed by atoms with Crippen LogP contribution < -0.4 is 0 Å².